The molecule has 0 aromatic rings. The summed E-state index contributed by atoms with van der Waals surface area (Å²) in [5.41, 5.74) is 7.37. The maximum atomic E-state index is 12.6. The number of nitrogens with zero attached hydrogens (tertiary/aromatic N) is 3. The molecule has 0 radical (unpaired) electrons. The lowest BCUT2D eigenvalue weighted by atomic mass is 10.1. The minimum absolute atomic E-state index is 0.184. The molecule has 0 bridgehead atoms. The van der Waals surface area contributed by atoms with E-state index < -0.39 is 47.5 Å². The number of hydrogen-bond donors (Lipinski definition) is 4. The average molecular weight is 515 g/mol. The van der Waals surface area contributed by atoms with Gasteiger partial charge in [0, 0.05) is 17.9 Å². The molecule has 0 aliphatic carbocycles. The molecular weight excluding hydrogens is 476 g/mol. The number of carboxylic acid groups (broad SMARTS) is 1. The summed E-state index contributed by atoms with van der Waals surface area (Å²) in [4.78, 5) is 62.5. The molecule has 0 aromatic carbocycles. The van der Waals surface area contributed by atoms with Gasteiger partial charge < -0.3 is 30.5 Å². The molecule has 0 rings (SSSR count). The number of urea groups is 1. The van der Waals surface area contributed by atoms with E-state index in [9.17, 15) is 24.0 Å². The predicted octanol–water partition coefficient (Wildman–Crippen LogP) is 2.17. The summed E-state index contributed by atoms with van der Waals surface area (Å²) in [6, 6.07) is -3.11. The molecule has 14 nitrogen and oxygen atoms in total. The Morgan fingerprint density at radius 1 is 1.00 bits per heavy atom. The summed E-state index contributed by atoms with van der Waals surface area (Å²) in [6.07, 6.45) is 1.99. The molecule has 204 valence electrons. The average Bonchev–Trinajstić information content (AvgIpc) is 2.78. The molecule has 0 spiro atoms. The molecule has 0 saturated heterocycles. The van der Waals surface area contributed by atoms with Crippen LogP contribution in [-0.2, 0) is 28.7 Å². The van der Waals surface area contributed by atoms with Crippen LogP contribution in [0.25, 0.3) is 10.4 Å². The number of amides is 3. The number of carboxylic acids is 1. The number of ether oxygens (including phenoxy) is 2. The maximum absolute atomic E-state index is 12.6. The zero-order valence-electron chi connectivity index (χ0n) is 21.4. The molecule has 0 aliphatic rings. The number of hydrogen-bond acceptors (Lipinski definition) is 8. The number of nitrogens with one attached hydrogen (secondary N) is 3. The normalized spacial score (nSPS) is 12.3. The van der Waals surface area contributed by atoms with Gasteiger partial charge in [-0.15, -0.1) is 0 Å². The van der Waals surface area contributed by atoms with Gasteiger partial charge in [0.15, 0.2) is 0 Å². The van der Waals surface area contributed by atoms with E-state index in [2.05, 4.69) is 26.0 Å². The van der Waals surface area contributed by atoms with Crippen molar-refractivity contribution in [2.24, 2.45) is 5.11 Å². The maximum Gasteiger partial charge on any atom is 0.329 e. The van der Waals surface area contributed by atoms with Crippen LogP contribution >= 0.6 is 0 Å². The van der Waals surface area contributed by atoms with Gasteiger partial charge in [-0.25, -0.2) is 14.4 Å². The van der Waals surface area contributed by atoms with Gasteiger partial charge >= 0.3 is 23.9 Å². The standard InChI is InChI=1S/C22H38N6O8/c1-5-6-13-35-19(32)15(9-7-8-12-24-17(29)14-25-28-23)26-21(34)27-16(10-11-18(30)31)20(33)36-22(2,3)4/h15-16H,5-14H2,1-4H3,(H,24,29)(H,30,31)(H2,26,27,34)/t15-,16-/m0/s1. The highest BCUT2D eigenvalue weighted by Gasteiger charge is 2.29. The molecule has 0 saturated carbocycles. The third kappa shape index (κ3) is 17.0. The lowest BCUT2D eigenvalue weighted by Gasteiger charge is -2.25. The summed E-state index contributed by atoms with van der Waals surface area (Å²) in [6.45, 7) is 7.00. The highest BCUT2D eigenvalue weighted by atomic mass is 16.6. The van der Waals surface area contributed by atoms with Gasteiger partial charge in [0.25, 0.3) is 0 Å². The van der Waals surface area contributed by atoms with Gasteiger partial charge in [0.05, 0.1) is 6.61 Å². The van der Waals surface area contributed by atoms with Gasteiger partial charge in [-0.05, 0) is 58.4 Å². The lowest BCUT2D eigenvalue weighted by molar-refractivity contribution is -0.157. The Balaban J connectivity index is 5.08. The topological polar surface area (TPSA) is 209 Å². The summed E-state index contributed by atoms with van der Waals surface area (Å²) in [5.74, 6) is -3.02. The molecule has 0 unspecified atom stereocenters. The second kappa shape index (κ2) is 17.8. The first-order valence-corrected chi connectivity index (χ1v) is 11.9. The van der Waals surface area contributed by atoms with Crippen LogP contribution in [0.1, 0.15) is 72.6 Å². The lowest BCUT2D eigenvalue weighted by Crippen LogP contribution is -2.52. The number of unbranched alkanes of at least 4 members (excludes halogenated alkanes) is 2. The van der Waals surface area contributed by atoms with Crippen molar-refractivity contribution < 1.29 is 38.6 Å². The van der Waals surface area contributed by atoms with Gasteiger partial charge in [0.1, 0.15) is 24.2 Å². The number of aliphatic carboxylic acids is 1. The van der Waals surface area contributed by atoms with Crippen LogP contribution in [0.5, 0.6) is 0 Å². The summed E-state index contributed by atoms with van der Waals surface area (Å²) in [7, 11) is 0. The summed E-state index contributed by atoms with van der Waals surface area (Å²) in [5, 5.41) is 19.6. The Labute approximate surface area is 210 Å². The monoisotopic (exact) mass is 514 g/mol. The minimum atomic E-state index is -1.23. The van der Waals surface area contributed by atoms with E-state index in [0.29, 0.717) is 19.3 Å². The molecule has 0 heterocycles. The molecule has 2 atom stereocenters. The molecule has 4 N–H and O–H groups in total. The van der Waals surface area contributed by atoms with E-state index in [1.54, 1.807) is 20.8 Å². The highest BCUT2D eigenvalue weighted by Crippen LogP contribution is 2.11. The van der Waals surface area contributed by atoms with E-state index in [1.807, 2.05) is 6.92 Å². The Morgan fingerprint density at radius 3 is 2.19 bits per heavy atom. The van der Waals surface area contributed by atoms with E-state index in [0.717, 1.165) is 6.42 Å². The quantitative estimate of drug-likeness (QED) is 0.0741. The highest BCUT2D eigenvalue weighted by molar-refractivity contribution is 5.87. The number of rotatable bonds is 17. The first kappa shape index (κ1) is 32.5. The van der Waals surface area contributed by atoms with Gasteiger partial charge in [0.2, 0.25) is 5.91 Å². The molecule has 3 amide bonds. The Kier molecular flexibility index (Phi) is 16.1. The fraction of sp³-hybridized carbons (Fsp3) is 0.773. The van der Waals surface area contributed by atoms with Crippen LogP contribution in [0.3, 0.4) is 0 Å². The number of esters is 2. The number of carbonyl (C=O) groups is 5. The van der Waals surface area contributed by atoms with E-state index in [4.69, 9.17) is 20.1 Å². The smallest absolute Gasteiger partial charge is 0.329 e. The second-order valence-electron chi connectivity index (χ2n) is 8.94. The van der Waals surface area contributed by atoms with Crippen LogP contribution in [0.2, 0.25) is 0 Å². The molecule has 0 fully saturated rings. The Morgan fingerprint density at radius 2 is 1.64 bits per heavy atom. The van der Waals surface area contributed by atoms with Crippen LogP contribution in [0.15, 0.2) is 5.11 Å². The van der Waals surface area contributed by atoms with Crippen LogP contribution in [0, 0.1) is 0 Å². The Hall–Kier alpha value is -3.54. The van der Waals surface area contributed by atoms with E-state index >= 15 is 0 Å². The van der Waals surface area contributed by atoms with Crippen LogP contribution < -0.4 is 16.0 Å². The first-order valence-electron chi connectivity index (χ1n) is 11.9. The summed E-state index contributed by atoms with van der Waals surface area (Å²) < 4.78 is 10.5. The van der Waals surface area contributed by atoms with Gasteiger partial charge in [-0.1, -0.05) is 18.5 Å². The number of carbonyl (C=O) groups excluding carboxylic acids is 4. The minimum Gasteiger partial charge on any atom is -0.481 e. The second-order valence-corrected chi connectivity index (χ2v) is 8.94. The largest absolute Gasteiger partial charge is 0.481 e. The zero-order chi connectivity index (χ0) is 27.6. The third-order valence-corrected chi connectivity index (χ3v) is 4.49. The Bertz CT molecular complexity index is 792. The van der Waals surface area contributed by atoms with Crippen molar-refractivity contribution in [2.45, 2.75) is 90.3 Å². The first-order chi connectivity index (χ1) is 16.9. The van der Waals surface area contributed by atoms with Crippen molar-refractivity contribution in [3.8, 4) is 0 Å². The number of azide groups is 1. The van der Waals surface area contributed by atoms with Crippen molar-refractivity contribution in [2.75, 3.05) is 19.7 Å². The van der Waals surface area contributed by atoms with E-state index in [1.165, 1.54) is 0 Å². The summed E-state index contributed by atoms with van der Waals surface area (Å²) >= 11 is 0. The predicted molar refractivity (Wildman–Crippen MR) is 129 cm³/mol. The molecule has 36 heavy (non-hydrogen) atoms. The van der Waals surface area contributed by atoms with Crippen molar-refractivity contribution in [1.82, 2.24) is 16.0 Å². The van der Waals surface area contributed by atoms with Crippen molar-refractivity contribution in [1.29, 1.82) is 0 Å². The molecule has 14 heteroatoms. The van der Waals surface area contributed by atoms with Crippen molar-refractivity contribution >= 4 is 29.8 Å². The SMILES string of the molecule is CCCCOC(=O)[C@H](CCCCNC(=O)CN=[N+]=[N-])NC(=O)N[C@@H](CCC(=O)O)C(=O)OC(C)(C)C. The fourth-order valence-corrected chi connectivity index (χ4v) is 2.77. The van der Waals surface area contributed by atoms with Crippen LogP contribution in [-0.4, -0.2) is 72.3 Å². The molecule has 0 aromatic heterocycles. The third-order valence-electron chi connectivity index (χ3n) is 4.49. The molecular formula is C22H38N6O8. The zero-order valence-corrected chi connectivity index (χ0v) is 21.4. The van der Waals surface area contributed by atoms with Crippen molar-refractivity contribution in [3.05, 3.63) is 10.4 Å². The fourth-order valence-electron chi connectivity index (χ4n) is 2.77. The van der Waals surface area contributed by atoms with Crippen molar-refractivity contribution in [3.63, 3.8) is 0 Å². The van der Waals surface area contributed by atoms with Gasteiger partial charge in [-0.3, -0.25) is 9.59 Å². The van der Waals surface area contributed by atoms with Gasteiger partial charge in [-0.2, -0.15) is 0 Å². The van der Waals surface area contributed by atoms with E-state index in [-0.39, 0.29) is 39.0 Å². The van der Waals surface area contributed by atoms with Crippen LogP contribution in [0.4, 0.5) is 4.79 Å². The molecule has 0 aliphatic heterocycles.